The summed E-state index contributed by atoms with van der Waals surface area (Å²) < 4.78 is 53.1. The van der Waals surface area contributed by atoms with Crippen LogP contribution in [0.25, 0.3) is 0 Å². The van der Waals surface area contributed by atoms with Crippen molar-refractivity contribution in [1.82, 2.24) is 0 Å². The van der Waals surface area contributed by atoms with Gasteiger partial charge in [-0.1, -0.05) is 25.0 Å². The topological polar surface area (TPSA) is 26.0 Å². The first-order valence-corrected chi connectivity index (χ1v) is 7.85. The predicted octanol–water partition coefficient (Wildman–Crippen LogP) is 4.83. The first-order valence-electron chi connectivity index (χ1n) is 7.06. The standard InChI is InChI=1S/C15H18BrF4N/c16-14-9(4-3-7-12(14)17)8-13(21)10-5-1-2-6-11(10)15(18,19)20/h3-4,7,10-11,13H,1-2,5-6,8,21H2. The number of benzene rings is 1. The Morgan fingerprint density at radius 2 is 1.90 bits per heavy atom. The molecule has 21 heavy (non-hydrogen) atoms. The van der Waals surface area contributed by atoms with Crippen molar-refractivity contribution in [3.8, 4) is 0 Å². The van der Waals surface area contributed by atoms with Crippen LogP contribution in [0, 0.1) is 17.7 Å². The average molecular weight is 368 g/mol. The van der Waals surface area contributed by atoms with E-state index >= 15 is 0 Å². The Labute approximate surface area is 130 Å². The van der Waals surface area contributed by atoms with Crippen LogP contribution < -0.4 is 5.73 Å². The maximum atomic E-state index is 13.5. The van der Waals surface area contributed by atoms with E-state index in [9.17, 15) is 17.6 Å². The lowest BCUT2D eigenvalue weighted by Gasteiger charge is -2.36. The molecule has 1 fully saturated rings. The van der Waals surface area contributed by atoms with E-state index in [0.717, 1.165) is 6.42 Å². The first-order chi connectivity index (χ1) is 9.80. The molecule has 0 aromatic heterocycles. The molecule has 1 aromatic carbocycles. The summed E-state index contributed by atoms with van der Waals surface area (Å²) >= 11 is 3.13. The lowest BCUT2D eigenvalue weighted by Crippen LogP contribution is -2.44. The van der Waals surface area contributed by atoms with Gasteiger partial charge in [-0.05, 0) is 52.7 Å². The summed E-state index contributed by atoms with van der Waals surface area (Å²) in [5, 5.41) is 0. The molecular formula is C15H18BrF4N. The quantitative estimate of drug-likeness (QED) is 0.761. The second-order valence-corrected chi connectivity index (χ2v) is 6.47. The summed E-state index contributed by atoms with van der Waals surface area (Å²) in [6, 6.07) is 3.93. The SMILES string of the molecule is NC(Cc1cccc(F)c1Br)C1CCCCC1C(F)(F)F. The van der Waals surface area contributed by atoms with Gasteiger partial charge in [0.1, 0.15) is 5.82 Å². The molecule has 0 radical (unpaired) electrons. The molecule has 1 saturated carbocycles. The second-order valence-electron chi connectivity index (χ2n) is 5.68. The van der Waals surface area contributed by atoms with Crippen molar-refractivity contribution in [2.45, 2.75) is 44.3 Å². The molecule has 2 rings (SSSR count). The Balaban J connectivity index is 2.14. The van der Waals surface area contributed by atoms with Gasteiger partial charge in [-0.15, -0.1) is 0 Å². The van der Waals surface area contributed by atoms with Gasteiger partial charge >= 0.3 is 6.18 Å². The van der Waals surface area contributed by atoms with Gasteiger partial charge in [0.15, 0.2) is 0 Å². The predicted molar refractivity (Wildman–Crippen MR) is 77.3 cm³/mol. The van der Waals surface area contributed by atoms with Crippen molar-refractivity contribution in [3.05, 3.63) is 34.1 Å². The Bertz CT molecular complexity index is 489. The molecule has 118 valence electrons. The summed E-state index contributed by atoms with van der Waals surface area (Å²) in [4.78, 5) is 0. The summed E-state index contributed by atoms with van der Waals surface area (Å²) in [6.07, 6.45) is -1.96. The van der Waals surface area contributed by atoms with Gasteiger partial charge in [0, 0.05) is 6.04 Å². The Morgan fingerprint density at radius 1 is 1.24 bits per heavy atom. The maximum absolute atomic E-state index is 13.5. The van der Waals surface area contributed by atoms with Crippen LogP contribution in [0.4, 0.5) is 17.6 Å². The average Bonchev–Trinajstić information content (AvgIpc) is 2.43. The molecule has 1 aliphatic rings. The van der Waals surface area contributed by atoms with E-state index < -0.39 is 29.9 Å². The molecule has 0 saturated heterocycles. The molecule has 6 heteroatoms. The first kappa shape index (κ1) is 16.7. The van der Waals surface area contributed by atoms with Crippen molar-refractivity contribution in [2.24, 2.45) is 17.6 Å². The van der Waals surface area contributed by atoms with Gasteiger partial charge in [0.2, 0.25) is 0 Å². The normalized spacial score (nSPS) is 24.9. The fraction of sp³-hybridized carbons (Fsp3) is 0.600. The number of hydrogen-bond donors (Lipinski definition) is 1. The Hall–Kier alpha value is -0.620. The maximum Gasteiger partial charge on any atom is 0.392 e. The van der Waals surface area contributed by atoms with Crippen LogP contribution in [0.3, 0.4) is 0 Å². The Kier molecular flexibility index (Phi) is 5.30. The third-order valence-corrected chi connectivity index (χ3v) is 5.17. The van der Waals surface area contributed by atoms with Crippen LogP contribution in [0.5, 0.6) is 0 Å². The van der Waals surface area contributed by atoms with Gasteiger partial charge in [-0.3, -0.25) is 0 Å². The highest BCUT2D eigenvalue weighted by Crippen LogP contribution is 2.43. The molecule has 1 aromatic rings. The molecule has 1 aliphatic carbocycles. The molecule has 0 heterocycles. The third-order valence-electron chi connectivity index (χ3n) is 4.28. The summed E-state index contributed by atoms with van der Waals surface area (Å²) in [7, 11) is 0. The zero-order valence-electron chi connectivity index (χ0n) is 11.5. The lowest BCUT2D eigenvalue weighted by atomic mass is 9.73. The fourth-order valence-electron chi connectivity index (χ4n) is 3.19. The van der Waals surface area contributed by atoms with Crippen molar-refractivity contribution < 1.29 is 17.6 Å². The van der Waals surface area contributed by atoms with Gasteiger partial charge in [-0.2, -0.15) is 13.2 Å². The minimum atomic E-state index is -4.21. The molecule has 0 bridgehead atoms. The minimum absolute atomic E-state index is 0.145. The van der Waals surface area contributed by atoms with Crippen molar-refractivity contribution in [1.29, 1.82) is 0 Å². The van der Waals surface area contributed by atoms with E-state index in [1.165, 1.54) is 6.07 Å². The highest BCUT2D eigenvalue weighted by atomic mass is 79.9. The van der Waals surface area contributed by atoms with E-state index in [1.54, 1.807) is 12.1 Å². The summed E-state index contributed by atoms with van der Waals surface area (Å²) in [6.45, 7) is 0. The number of halogens is 5. The van der Waals surface area contributed by atoms with E-state index in [1.807, 2.05) is 0 Å². The van der Waals surface area contributed by atoms with Gasteiger partial charge in [0.05, 0.1) is 10.4 Å². The summed E-state index contributed by atoms with van der Waals surface area (Å²) in [5.41, 5.74) is 6.66. The van der Waals surface area contributed by atoms with Crippen molar-refractivity contribution in [2.75, 3.05) is 0 Å². The molecule has 0 aliphatic heterocycles. The van der Waals surface area contributed by atoms with Gasteiger partial charge in [-0.25, -0.2) is 4.39 Å². The largest absolute Gasteiger partial charge is 0.392 e. The van der Waals surface area contributed by atoms with E-state index in [2.05, 4.69) is 15.9 Å². The van der Waals surface area contributed by atoms with Crippen LogP contribution in [0.15, 0.2) is 22.7 Å². The molecule has 3 atom stereocenters. The molecule has 2 N–H and O–H groups in total. The number of hydrogen-bond acceptors (Lipinski definition) is 1. The molecule has 3 unspecified atom stereocenters. The lowest BCUT2D eigenvalue weighted by molar-refractivity contribution is -0.198. The highest BCUT2D eigenvalue weighted by Gasteiger charge is 2.47. The zero-order chi connectivity index (χ0) is 15.6. The van der Waals surface area contributed by atoms with Crippen LogP contribution in [0.1, 0.15) is 31.2 Å². The second kappa shape index (κ2) is 6.65. The number of nitrogens with two attached hydrogens (primary N) is 1. The van der Waals surface area contributed by atoms with E-state index in [4.69, 9.17) is 5.73 Å². The van der Waals surface area contributed by atoms with Gasteiger partial charge in [0.25, 0.3) is 0 Å². The van der Waals surface area contributed by atoms with Crippen LogP contribution in [-0.2, 0) is 6.42 Å². The minimum Gasteiger partial charge on any atom is -0.327 e. The number of alkyl halides is 3. The van der Waals surface area contributed by atoms with E-state index in [-0.39, 0.29) is 12.8 Å². The fourth-order valence-corrected chi connectivity index (χ4v) is 3.62. The molecule has 0 amide bonds. The number of rotatable bonds is 3. The Morgan fingerprint density at radius 3 is 2.57 bits per heavy atom. The smallest absolute Gasteiger partial charge is 0.327 e. The van der Waals surface area contributed by atoms with Crippen LogP contribution >= 0.6 is 15.9 Å². The highest BCUT2D eigenvalue weighted by molar-refractivity contribution is 9.10. The van der Waals surface area contributed by atoms with Crippen LogP contribution in [0.2, 0.25) is 0 Å². The van der Waals surface area contributed by atoms with Crippen LogP contribution in [-0.4, -0.2) is 12.2 Å². The monoisotopic (exact) mass is 367 g/mol. The van der Waals surface area contributed by atoms with Gasteiger partial charge < -0.3 is 5.73 Å². The van der Waals surface area contributed by atoms with E-state index in [0.29, 0.717) is 22.9 Å². The molecule has 1 nitrogen and oxygen atoms in total. The third kappa shape index (κ3) is 3.97. The zero-order valence-corrected chi connectivity index (χ0v) is 13.1. The summed E-state index contributed by atoms with van der Waals surface area (Å²) in [5.74, 6) is -2.35. The molecule has 0 spiro atoms. The van der Waals surface area contributed by atoms with Crippen molar-refractivity contribution >= 4 is 15.9 Å². The van der Waals surface area contributed by atoms with Crippen molar-refractivity contribution in [3.63, 3.8) is 0 Å². The molecular weight excluding hydrogens is 350 g/mol.